The molecule has 1 unspecified atom stereocenters. The Balaban J connectivity index is 2.20. The number of ether oxygens (including phenoxy) is 1. The predicted octanol–water partition coefficient (Wildman–Crippen LogP) is 1.94. The average molecular weight is 348 g/mol. The Kier molecular flexibility index (Phi) is 6.52. The van der Waals surface area contributed by atoms with Crippen LogP contribution < -0.4 is 5.73 Å². The summed E-state index contributed by atoms with van der Waals surface area (Å²) in [4.78, 5) is 37.7. The monoisotopic (exact) mass is 348 g/mol. The Bertz CT molecular complexity index is 611. The zero-order valence-corrected chi connectivity index (χ0v) is 14.3. The van der Waals surface area contributed by atoms with Gasteiger partial charge >= 0.3 is 12.1 Å². The molecule has 0 bridgehead atoms. The van der Waals surface area contributed by atoms with Crippen LogP contribution in [0.4, 0.5) is 4.79 Å². The summed E-state index contributed by atoms with van der Waals surface area (Å²) in [5.41, 5.74) is 6.37. The molecule has 1 saturated carbocycles. The smallest absolute Gasteiger partial charge is 0.411 e. The number of hydrogen-bond acceptors (Lipinski definition) is 5. The van der Waals surface area contributed by atoms with Crippen molar-refractivity contribution in [1.82, 2.24) is 4.90 Å². The fourth-order valence-electron chi connectivity index (χ4n) is 3.07. The molecule has 136 valence electrons. The van der Waals surface area contributed by atoms with Gasteiger partial charge in [-0.1, -0.05) is 43.2 Å². The Morgan fingerprint density at radius 3 is 2.36 bits per heavy atom. The molecule has 0 heterocycles. The molecular formula is C18H24N2O5. The van der Waals surface area contributed by atoms with E-state index < -0.39 is 29.9 Å². The number of rotatable bonds is 7. The van der Waals surface area contributed by atoms with Crippen LogP contribution in [0.3, 0.4) is 0 Å². The lowest BCUT2D eigenvalue weighted by molar-refractivity contribution is -0.149. The van der Waals surface area contributed by atoms with Gasteiger partial charge in [0.05, 0.1) is 6.04 Å². The highest BCUT2D eigenvalue weighted by molar-refractivity contribution is 6.06. The highest BCUT2D eigenvalue weighted by Gasteiger charge is 2.42. The molecule has 1 amide bonds. The van der Waals surface area contributed by atoms with Gasteiger partial charge in [0.25, 0.3) is 0 Å². The maximum Gasteiger partial charge on any atom is 0.411 e. The van der Waals surface area contributed by atoms with Gasteiger partial charge in [-0.3, -0.25) is 9.69 Å². The van der Waals surface area contributed by atoms with Crippen LogP contribution in [-0.2, 0) is 20.9 Å². The molecule has 1 aliphatic rings. The van der Waals surface area contributed by atoms with Gasteiger partial charge < -0.3 is 15.6 Å². The van der Waals surface area contributed by atoms with E-state index >= 15 is 0 Å². The molecule has 1 aromatic rings. The van der Waals surface area contributed by atoms with Gasteiger partial charge in [0, 0.05) is 6.04 Å². The number of carbonyl (C=O) groups excluding carboxylic acids is 2. The molecule has 25 heavy (non-hydrogen) atoms. The molecule has 3 N–H and O–H groups in total. The van der Waals surface area contributed by atoms with E-state index in [1.165, 1.54) is 6.92 Å². The lowest BCUT2D eigenvalue weighted by atomic mass is 10.0. The number of nitrogens with two attached hydrogens (primary N) is 1. The second kappa shape index (κ2) is 8.62. The number of nitrogens with zero attached hydrogens (tertiary/aromatic N) is 1. The fourth-order valence-corrected chi connectivity index (χ4v) is 3.07. The molecule has 0 radical (unpaired) electrons. The highest BCUT2D eigenvalue weighted by atomic mass is 16.6. The van der Waals surface area contributed by atoms with Gasteiger partial charge in [0.2, 0.25) is 0 Å². The summed E-state index contributed by atoms with van der Waals surface area (Å²) in [5.74, 6) is -2.08. The fraction of sp³-hybridized carbons (Fsp3) is 0.500. The largest absolute Gasteiger partial charge is 0.479 e. The van der Waals surface area contributed by atoms with Crippen LogP contribution >= 0.6 is 0 Å². The summed E-state index contributed by atoms with van der Waals surface area (Å²) in [7, 11) is 0. The third-order valence-electron chi connectivity index (χ3n) is 4.36. The molecule has 7 nitrogen and oxygen atoms in total. The van der Waals surface area contributed by atoms with E-state index in [1.807, 2.05) is 18.2 Å². The standard InChI is InChI=1S/C18H24N2O5/c1-12(19)16(21)15(17(22)23)20(14-9-5-6-10-14)18(24)25-11-13-7-3-2-4-8-13/h2-4,7-8,12,14-15H,5-6,9-11,19H2,1H3,(H,22,23)/t12-,15?/m0/s1. The van der Waals surface area contributed by atoms with E-state index in [4.69, 9.17) is 10.5 Å². The molecule has 1 fully saturated rings. The number of aliphatic carboxylic acids is 1. The first kappa shape index (κ1) is 18.9. The molecule has 1 aromatic carbocycles. The summed E-state index contributed by atoms with van der Waals surface area (Å²) >= 11 is 0. The van der Waals surface area contributed by atoms with Crippen molar-refractivity contribution in [3.05, 3.63) is 35.9 Å². The van der Waals surface area contributed by atoms with Gasteiger partial charge in [-0.2, -0.15) is 0 Å². The van der Waals surface area contributed by atoms with Crippen molar-refractivity contribution in [3.63, 3.8) is 0 Å². The molecule has 0 aliphatic heterocycles. The number of amides is 1. The van der Waals surface area contributed by atoms with E-state index in [0.29, 0.717) is 12.8 Å². The predicted molar refractivity (Wildman–Crippen MR) is 90.8 cm³/mol. The molecule has 0 spiro atoms. The lowest BCUT2D eigenvalue weighted by Gasteiger charge is -2.33. The number of carbonyl (C=O) groups is 3. The van der Waals surface area contributed by atoms with Gasteiger partial charge in [0.15, 0.2) is 11.8 Å². The number of hydrogen-bond donors (Lipinski definition) is 2. The highest BCUT2D eigenvalue weighted by Crippen LogP contribution is 2.27. The number of carboxylic acids is 1. The van der Waals surface area contributed by atoms with Gasteiger partial charge in [-0.05, 0) is 25.3 Å². The minimum atomic E-state index is -1.62. The van der Waals surface area contributed by atoms with Crippen molar-refractivity contribution in [2.24, 2.45) is 5.73 Å². The zero-order valence-electron chi connectivity index (χ0n) is 14.3. The summed E-state index contributed by atoms with van der Waals surface area (Å²) in [6.45, 7) is 1.43. The number of Topliss-reactive ketones (excluding diaryl/α,β-unsaturated/α-hetero) is 1. The van der Waals surface area contributed by atoms with Crippen LogP contribution in [-0.4, -0.2) is 46.0 Å². The summed E-state index contributed by atoms with van der Waals surface area (Å²) in [6, 6.07) is 6.15. The second-order valence-corrected chi connectivity index (χ2v) is 6.32. The maximum absolute atomic E-state index is 12.6. The van der Waals surface area contributed by atoms with Gasteiger partial charge in [-0.25, -0.2) is 9.59 Å². The summed E-state index contributed by atoms with van der Waals surface area (Å²) in [5, 5.41) is 9.53. The second-order valence-electron chi connectivity index (χ2n) is 6.32. The van der Waals surface area contributed by atoms with Crippen LogP contribution in [0.15, 0.2) is 30.3 Å². The van der Waals surface area contributed by atoms with Crippen molar-refractivity contribution < 1.29 is 24.2 Å². The van der Waals surface area contributed by atoms with Crippen molar-refractivity contribution in [2.45, 2.75) is 57.3 Å². The summed E-state index contributed by atoms with van der Waals surface area (Å²) in [6.07, 6.45) is 2.27. The van der Waals surface area contributed by atoms with Crippen molar-refractivity contribution >= 4 is 17.8 Å². The van der Waals surface area contributed by atoms with Crippen LogP contribution in [0.5, 0.6) is 0 Å². The van der Waals surface area contributed by atoms with E-state index in [-0.39, 0.29) is 12.6 Å². The quantitative estimate of drug-likeness (QED) is 0.729. The van der Waals surface area contributed by atoms with Crippen molar-refractivity contribution in [3.8, 4) is 0 Å². The molecular weight excluding hydrogens is 324 g/mol. The van der Waals surface area contributed by atoms with Crippen LogP contribution in [0.1, 0.15) is 38.2 Å². The topological polar surface area (TPSA) is 110 Å². The zero-order chi connectivity index (χ0) is 18.4. The lowest BCUT2D eigenvalue weighted by Crippen LogP contribution is -2.57. The molecule has 1 aliphatic carbocycles. The van der Waals surface area contributed by atoms with Crippen LogP contribution in [0, 0.1) is 0 Å². The third-order valence-corrected chi connectivity index (χ3v) is 4.36. The average Bonchev–Trinajstić information content (AvgIpc) is 3.11. The van der Waals surface area contributed by atoms with Gasteiger partial charge in [0.1, 0.15) is 6.61 Å². The normalized spacial score (nSPS) is 16.9. The van der Waals surface area contributed by atoms with Gasteiger partial charge in [-0.15, -0.1) is 0 Å². The van der Waals surface area contributed by atoms with E-state index in [1.54, 1.807) is 12.1 Å². The van der Waals surface area contributed by atoms with E-state index in [2.05, 4.69) is 0 Å². The van der Waals surface area contributed by atoms with Crippen LogP contribution in [0.2, 0.25) is 0 Å². The number of carboxylic acid groups (broad SMARTS) is 1. The van der Waals surface area contributed by atoms with E-state index in [0.717, 1.165) is 23.3 Å². The minimum Gasteiger partial charge on any atom is -0.479 e. The SMILES string of the molecule is C[C@H](N)C(=O)C(C(=O)O)N(C(=O)OCc1ccccc1)C1CCCC1. The Morgan fingerprint density at radius 2 is 1.84 bits per heavy atom. The first-order valence-electron chi connectivity index (χ1n) is 8.43. The molecule has 7 heteroatoms. The third kappa shape index (κ3) is 4.79. The molecule has 0 aromatic heterocycles. The Hall–Kier alpha value is -2.41. The number of benzene rings is 1. The Labute approximate surface area is 146 Å². The van der Waals surface area contributed by atoms with Crippen LogP contribution in [0.25, 0.3) is 0 Å². The first-order valence-corrected chi connectivity index (χ1v) is 8.43. The molecule has 0 saturated heterocycles. The molecule has 2 rings (SSSR count). The first-order chi connectivity index (χ1) is 11.9. The van der Waals surface area contributed by atoms with E-state index in [9.17, 15) is 19.5 Å². The molecule has 2 atom stereocenters. The van der Waals surface area contributed by atoms with Crippen molar-refractivity contribution in [1.29, 1.82) is 0 Å². The number of ketones is 1. The maximum atomic E-state index is 12.6. The minimum absolute atomic E-state index is 0.0155. The van der Waals surface area contributed by atoms with Crippen molar-refractivity contribution in [2.75, 3.05) is 0 Å². The summed E-state index contributed by atoms with van der Waals surface area (Å²) < 4.78 is 5.29. The Morgan fingerprint density at radius 1 is 1.24 bits per heavy atom.